The van der Waals surface area contributed by atoms with E-state index in [4.69, 9.17) is 9.84 Å². The van der Waals surface area contributed by atoms with Gasteiger partial charge in [-0.2, -0.15) is 15.8 Å². The molecule has 0 atom stereocenters. The molecule has 0 aliphatic carbocycles. The zero-order valence-corrected chi connectivity index (χ0v) is 17.0. The average Bonchev–Trinajstić information content (AvgIpc) is 2.99. The van der Waals surface area contributed by atoms with Crippen molar-refractivity contribution < 1.29 is 14.6 Å². The van der Waals surface area contributed by atoms with Gasteiger partial charge in [0, 0.05) is 30.8 Å². The van der Waals surface area contributed by atoms with Crippen molar-refractivity contribution in [1.29, 1.82) is 15.8 Å². The first kappa shape index (κ1) is 21.0. The van der Waals surface area contributed by atoms with Crippen molar-refractivity contribution in [2.24, 2.45) is 5.92 Å². The molecule has 0 spiro atoms. The van der Waals surface area contributed by atoms with Gasteiger partial charge in [-0.1, -0.05) is 12.1 Å². The molecular formula is C23H22N4O3. The Bertz CT molecular complexity index is 1020. The molecule has 1 aromatic rings. The summed E-state index contributed by atoms with van der Waals surface area (Å²) in [5.41, 5.74) is 1.63. The third-order valence-electron chi connectivity index (χ3n) is 5.60. The van der Waals surface area contributed by atoms with Gasteiger partial charge in [0.15, 0.2) is 11.3 Å². The van der Waals surface area contributed by atoms with Crippen molar-refractivity contribution >= 4 is 17.2 Å². The number of anilines is 1. The van der Waals surface area contributed by atoms with E-state index in [0.717, 1.165) is 37.2 Å². The van der Waals surface area contributed by atoms with Crippen LogP contribution in [-0.2, 0) is 9.53 Å². The SMILES string of the molecule is CC1(C)OC(=C(C#N)C#N)C(C#N)=C1c1ccc(N2CCC(CC(=O)O)CC2)cc1. The number of aliphatic carboxylic acids is 1. The van der Waals surface area contributed by atoms with Crippen LogP contribution in [0.4, 0.5) is 5.69 Å². The zero-order chi connectivity index (χ0) is 21.9. The highest BCUT2D eigenvalue weighted by Gasteiger charge is 2.40. The largest absolute Gasteiger partial charge is 0.481 e. The van der Waals surface area contributed by atoms with Gasteiger partial charge in [0.05, 0.1) is 0 Å². The number of carbonyl (C=O) groups is 1. The van der Waals surface area contributed by atoms with Crippen LogP contribution in [0.25, 0.3) is 5.57 Å². The van der Waals surface area contributed by atoms with Gasteiger partial charge >= 0.3 is 5.97 Å². The molecule has 2 heterocycles. The molecule has 7 nitrogen and oxygen atoms in total. The fraction of sp³-hybridized carbons (Fsp3) is 0.391. The molecule has 3 rings (SSSR count). The van der Waals surface area contributed by atoms with Crippen LogP contribution in [-0.4, -0.2) is 29.8 Å². The Balaban J connectivity index is 1.87. The molecule has 152 valence electrons. The smallest absolute Gasteiger partial charge is 0.303 e. The fourth-order valence-corrected chi connectivity index (χ4v) is 4.15. The van der Waals surface area contributed by atoms with Gasteiger partial charge in [-0.3, -0.25) is 4.79 Å². The van der Waals surface area contributed by atoms with E-state index in [0.29, 0.717) is 5.57 Å². The Labute approximate surface area is 175 Å². The van der Waals surface area contributed by atoms with Gasteiger partial charge < -0.3 is 14.7 Å². The number of nitriles is 3. The molecule has 1 aromatic carbocycles. The summed E-state index contributed by atoms with van der Waals surface area (Å²) in [5.74, 6) is -0.491. The summed E-state index contributed by atoms with van der Waals surface area (Å²) in [4.78, 5) is 13.1. The Morgan fingerprint density at radius 1 is 1.17 bits per heavy atom. The third-order valence-corrected chi connectivity index (χ3v) is 5.60. The topological polar surface area (TPSA) is 121 Å². The second-order valence-electron chi connectivity index (χ2n) is 7.98. The van der Waals surface area contributed by atoms with Crippen LogP contribution in [0.2, 0.25) is 0 Å². The molecule has 30 heavy (non-hydrogen) atoms. The average molecular weight is 402 g/mol. The molecule has 1 saturated heterocycles. The molecule has 0 amide bonds. The van der Waals surface area contributed by atoms with E-state index in [2.05, 4.69) is 11.0 Å². The first-order valence-electron chi connectivity index (χ1n) is 9.76. The summed E-state index contributed by atoms with van der Waals surface area (Å²) in [6.45, 7) is 5.22. The van der Waals surface area contributed by atoms with Crippen LogP contribution in [0.5, 0.6) is 0 Å². The van der Waals surface area contributed by atoms with Gasteiger partial charge in [-0.25, -0.2) is 0 Å². The van der Waals surface area contributed by atoms with Crippen molar-refractivity contribution in [3.63, 3.8) is 0 Å². The predicted octanol–water partition coefficient (Wildman–Crippen LogP) is 3.76. The first-order chi connectivity index (χ1) is 14.3. The number of carboxylic acids is 1. The molecule has 0 radical (unpaired) electrons. The number of hydrogen-bond acceptors (Lipinski definition) is 6. The fourth-order valence-electron chi connectivity index (χ4n) is 4.15. The molecular weight excluding hydrogens is 380 g/mol. The summed E-state index contributed by atoms with van der Waals surface area (Å²) < 4.78 is 5.83. The monoisotopic (exact) mass is 402 g/mol. The number of allylic oxidation sites excluding steroid dienone is 2. The summed E-state index contributed by atoms with van der Waals surface area (Å²) in [5, 5.41) is 37.0. The first-order valence-corrected chi connectivity index (χ1v) is 9.76. The number of nitrogens with zero attached hydrogens (tertiary/aromatic N) is 4. The molecule has 0 unspecified atom stereocenters. The highest BCUT2D eigenvalue weighted by molar-refractivity contribution is 5.84. The minimum Gasteiger partial charge on any atom is -0.481 e. The van der Waals surface area contributed by atoms with Crippen LogP contribution in [0.3, 0.4) is 0 Å². The van der Waals surface area contributed by atoms with Crippen molar-refractivity contribution in [3.05, 3.63) is 46.7 Å². The number of piperidine rings is 1. The molecule has 7 heteroatoms. The number of hydrogen-bond donors (Lipinski definition) is 1. The van der Waals surface area contributed by atoms with E-state index >= 15 is 0 Å². The Hall–Kier alpha value is -3.76. The van der Waals surface area contributed by atoms with E-state index in [9.17, 15) is 20.6 Å². The van der Waals surface area contributed by atoms with Gasteiger partial charge in [0.2, 0.25) is 0 Å². The second kappa shape index (κ2) is 8.31. The van der Waals surface area contributed by atoms with Crippen molar-refractivity contribution in [2.75, 3.05) is 18.0 Å². The molecule has 2 aliphatic heterocycles. The van der Waals surface area contributed by atoms with Crippen molar-refractivity contribution in [3.8, 4) is 18.2 Å². The van der Waals surface area contributed by atoms with Gasteiger partial charge in [0.25, 0.3) is 0 Å². The molecule has 1 fully saturated rings. The zero-order valence-electron chi connectivity index (χ0n) is 17.0. The van der Waals surface area contributed by atoms with Crippen molar-refractivity contribution in [1.82, 2.24) is 0 Å². The van der Waals surface area contributed by atoms with Crippen LogP contribution in [0, 0.1) is 39.9 Å². The third kappa shape index (κ3) is 4.00. The van der Waals surface area contributed by atoms with Crippen LogP contribution in [0.1, 0.15) is 38.7 Å². The highest BCUT2D eigenvalue weighted by atomic mass is 16.5. The summed E-state index contributed by atoms with van der Waals surface area (Å²) >= 11 is 0. The van der Waals surface area contributed by atoms with Crippen LogP contribution in [0.15, 0.2) is 41.2 Å². The summed E-state index contributed by atoms with van der Waals surface area (Å²) in [6, 6.07) is 13.5. The molecule has 0 saturated carbocycles. The minimum atomic E-state index is -0.851. The maximum Gasteiger partial charge on any atom is 0.303 e. The molecule has 1 N–H and O–H groups in total. The van der Waals surface area contributed by atoms with Crippen molar-refractivity contribution in [2.45, 2.75) is 38.7 Å². The summed E-state index contributed by atoms with van der Waals surface area (Å²) in [7, 11) is 0. The number of benzene rings is 1. The van der Waals surface area contributed by atoms with E-state index in [1.807, 2.05) is 24.3 Å². The number of rotatable bonds is 4. The van der Waals surface area contributed by atoms with E-state index < -0.39 is 11.6 Å². The van der Waals surface area contributed by atoms with Gasteiger partial charge in [0.1, 0.15) is 29.4 Å². The van der Waals surface area contributed by atoms with Gasteiger partial charge in [-0.15, -0.1) is 0 Å². The predicted molar refractivity (Wildman–Crippen MR) is 110 cm³/mol. The number of ether oxygens (including phenoxy) is 1. The Morgan fingerprint density at radius 3 is 2.27 bits per heavy atom. The normalized spacial score (nSPS) is 18.2. The minimum absolute atomic E-state index is 0.0343. The van der Waals surface area contributed by atoms with E-state index in [1.54, 1.807) is 26.0 Å². The Kier molecular flexibility index (Phi) is 5.81. The molecule has 2 aliphatic rings. The lowest BCUT2D eigenvalue weighted by atomic mass is 9.88. The van der Waals surface area contributed by atoms with Crippen LogP contribution < -0.4 is 4.90 Å². The standard InChI is InChI=1S/C23H22N4O3/c1-23(2)21(19(14-26)22(30-23)17(12-24)13-25)16-3-5-18(6-4-16)27-9-7-15(8-10-27)11-20(28)29/h3-6,15H,7-11H2,1-2H3,(H,28,29). The lowest BCUT2D eigenvalue weighted by molar-refractivity contribution is -0.138. The molecule has 0 bridgehead atoms. The highest BCUT2D eigenvalue weighted by Crippen LogP contribution is 2.45. The second-order valence-corrected chi connectivity index (χ2v) is 7.98. The van der Waals surface area contributed by atoms with E-state index in [-0.39, 0.29) is 29.2 Å². The van der Waals surface area contributed by atoms with Crippen LogP contribution >= 0.6 is 0 Å². The summed E-state index contributed by atoms with van der Waals surface area (Å²) in [6.07, 6.45) is 1.91. The Morgan fingerprint density at radius 2 is 1.77 bits per heavy atom. The maximum atomic E-state index is 10.9. The maximum absolute atomic E-state index is 10.9. The molecule has 0 aromatic heterocycles. The lowest BCUT2D eigenvalue weighted by Gasteiger charge is -2.33. The van der Waals surface area contributed by atoms with E-state index in [1.165, 1.54) is 0 Å². The quantitative estimate of drug-likeness (QED) is 0.761. The lowest BCUT2D eigenvalue weighted by Crippen LogP contribution is -2.34. The van der Waals surface area contributed by atoms with Gasteiger partial charge in [-0.05, 0) is 50.3 Å². The number of carboxylic acid groups (broad SMARTS) is 1.